The predicted molar refractivity (Wildman–Crippen MR) is 89.2 cm³/mol. The largest absolute Gasteiger partial charge is 0.383 e. The first-order valence-electron chi connectivity index (χ1n) is 7.19. The van der Waals surface area contributed by atoms with Crippen LogP contribution in [0.25, 0.3) is 0 Å². The summed E-state index contributed by atoms with van der Waals surface area (Å²) >= 11 is 1.81. The van der Waals surface area contributed by atoms with Gasteiger partial charge in [-0.05, 0) is 25.0 Å². The van der Waals surface area contributed by atoms with E-state index in [-0.39, 0.29) is 27.7 Å². The van der Waals surface area contributed by atoms with Crippen molar-refractivity contribution >= 4 is 23.3 Å². The van der Waals surface area contributed by atoms with E-state index >= 15 is 0 Å². The zero-order valence-corrected chi connectivity index (χ0v) is 13.9. The zero-order chi connectivity index (χ0) is 15.8. The number of nitrogen functional groups attached to an aromatic ring is 1. The summed E-state index contributed by atoms with van der Waals surface area (Å²) in [5.41, 5.74) is 5.71. The van der Waals surface area contributed by atoms with Crippen molar-refractivity contribution in [1.82, 2.24) is 9.13 Å². The lowest BCUT2D eigenvalue weighted by Crippen LogP contribution is -2.42. The van der Waals surface area contributed by atoms with Crippen molar-refractivity contribution in [3.8, 4) is 0 Å². The number of nitrogens with two attached hydrogens (primary N) is 1. The fourth-order valence-electron chi connectivity index (χ4n) is 2.33. The number of aromatic nitrogens is 2. The van der Waals surface area contributed by atoms with Crippen LogP contribution in [0.15, 0.2) is 9.59 Å². The van der Waals surface area contributed by atoms with Crippen LogP contribution >= 0.6 is 11.8 Å². The van der Waals surface area contributed by atoms with E-state index in [0.717, 1.165) is 17.4 Å². The molecular formula is C14H24N4O2S. The van der Waals surface area contributed by atoms with Gasteiger partial charge in [-0.3, -0.25) is 13.9 Å². The van der Waals surface area contributed by atoms with Crippen LogP contribution in [0.3, 0.4) is 0 Å². The molecule has 0 unspecified atom stereocenters. The van der Waals surface area contributed by atoms with Crippen LogP contribution in [0.4, 0.5) is 11.5 Å². The summed E-state index contributed by atoms with van der Waals surface area (Å²) in [5, 5.41) is 3.18. The van der Waals surface area contributed by atoms with Crippen molar-refractivity contribution in [3.63, 3.8) is 0 Å². The molecule has 21 heavy (non-hydrogen) atoms. The first kappa shape index (κ1) is 16.0. The lowest BCUT2D eigenvalue weighted by Gasteiger charge is -2.19. The second kappa shape index (κ2) is 5.79. The maximum Gasteiger partial charge on any atom is 0.332 e. The van der Waals surface area contributed by atoms with Crippen molar-refractivity contribution in [2.24, 2.45) is 13.0 Å². The molecule has 0 aromatic carbocycles. The van der Waals surface area contributed by atoms with Crippen LogP contribution < -0.4 is 22.3 Å². The number of thioether (sulfide) groups is 1. The van der Waals surface area contributed by atoms with Crippen LogP contribution in [0.1, 0.15) is 26.7 Å². The Bertz CT molecular complexity index is 644. The third-order valence-electron chi connectivity index (χ3n) is 3.96. The van der Waals surface area contributed by atoms with Gasteiger partial charge >= 0.3 is 5.69 Å². The van der Waals surface area contributed by atoms with E-state index in [1.165, 1.54) is 11.6 Å². The third kappa shape index (κ3) is 3.12. The quantitative estimate of drug-likeness (QED) is 0.822. The van der Waals surface area contributed by atoms with E-state index in [4.69, 9.17) is 5.73 Å². The van der Waals surface area contributed by atoms with Crippen molar-refractivity contribution < 1.29 is 0 Å². The molecule has 0 spiro atoms. The highest BCUT2D eigenvalue weighted by Gasteiger charge is 2.41. The minimum Gasteiger partial charge on any atom is -0.383 e. The highest BCUT2D eigenvalue weighted by Crippen LogP contribution is 2.47. The van der Waals surface area contributed by atoms with Gasteiger partial charge in [-0.1, -0.05) is 13.8 Å². The van der Waals surface area contributed by atoms with Gasteiger partial charge in [0.2, 0.25) is 0 Å². The molecule has 0 aliphatic heterocycles. The molecule has 118 valence electrons. The fraction of sp³-hybridized carbons (Fsp3) is 0.714. The van der Waals surface area contributed by atoms with Crippen LogP contribution in [-0.4, -0.2) is 26.7 Å². The first-order valence-corrected chi connectivity index (χ1v) is 8.42. The molecule has 1 heterocycles. The summed E-state index contributed by atoms with van der Waals surface area (Å²) in [7, 11) is 1.49. The number of hydrogen-bond acceptors (Lipinski definition) is 5. The third-order valence-corrected chi connectivity index (χ3v) is 5.38. The smallest absolute Gasteiger partial charge is 0.332 e. The van der Waals surface area contributed by atoms with Crippen LogP contribution in [0.5, 0.6) is 0 Å². The van der Waals surface area contributed by atoms with Gasteiger partial charge in [-0.2, -0.15) is 11.8 Å². The molecule has 6 nitrogen and oxygen atoms in total. The molecule has 0 atom stereocenters. The molecule has 1 aromatic rings. The Morgan fingerprint density at radius 1 is 1.38 bits per heavy atom. The Balaban J connectivity index is 2.38. The summed E-state index contributed by atoms with van der Waals surface area (Å²) in [6.07, 6.45) is 4.37. The molecular weight excluding hydrogens is 288 g/mol. The number of anilines is 2. The Kier molecular flexibility index (Phi) is 4.41. The monoisotopic (exact) mass is 312 g/mol. The normalized spacial score (nSPS) is 16.2. The van der Waals surface area contributed by atoms with Crippen LogP contribution in [0.2, 0.25) is 0 Å². The van der Waals surface area contributed by atoms with E-state index in [9.17, 15) is 9.59 Å². The molecule has 0 saturated heterocycles. The van der Waals surface area contributed by atoms with Gasteiger partial charge in [-0.25, -0.2) is 4.79 Å². The maximum atomic E-state index is 12.3. The Hall–Kier alpha value is -1.37. The molecule has 1 aliphatic rings. The SMILES string of the molecule is CSC1(CNc2c(N)n(CC(C)C)c(=O)n(C)c2=O)CC1. The Morgan fingerprint density at radius 3 is 2.48 bits per heavy atom. The summed E-state index contributed by atoms with van der Waals surface area (Å²) in [6, 6.07) is 0. The Morgan fingerprint density at radius 2 is 2.00 bits per heavy atom. The lowest BCUT2D eigenvalue weighted by molar-refractivity contribution is 0.494. The van der Waals surface area contributed by atoms with E-state index < -0.39 is 0 Å². The van der Waals surface area contributed by atoms with Gasteiger partial charge in [0.25, 0.3) is 5.56 Å². The van der Waals surface area contributed by atoms with Gasteiger partial charge in [0.1, 0.15) is 11.5 Å². The molecule has 2 rings (SSSR count). The molecule has 1 saturated carbocycles. The number of rotatable bonds is 6. The molecule has 0 amide bonds. The van der Waals surface area contributed by atoms with Crippen LogP contribution in [-0.2, 0) is 13.6 Å². The first-order chi connectivity index (χ1) is 9.81. The van der Waals surface area contributed by atoms with E-state index in [2.05, 4.69) is 11.6 Å². The summed E-state index contributed by atoms with van der Waals surface area (Å²) in [5.74, 6) is 0.519. The summed E-state index contributed by atoms with van der Waals surface area (Å²) in [6.45, 7) is 5.22. The maximum absolute atomic E-state index is 12.3. The molecule has 1 fully saturated rings. The average molecular weight is 312 g/mol. The van der Waals surface area contributed by atoms with Crippen molar-refractivity contribution in [1.29, 1.82) is 0 Å². The molecule has 0 bridgehead atoms. The van der Waals surface area contributed by atoms with E-state index in [1.807, 2.05) is 25.6 Å². The molecule has 3 N–H and O–H groups in total. The standard InChI is InChI=1S/C14H24N4O2S/c1-9(2)7-18-11(15)10(12(19)17(3)13(18)20)16-8-14(21-4)5-6-14/h9,16H,5-8,15H2,1-4H3. The van der Waals surface area contributed by atoms with E-state index in [1.54, 1.807) is 0 Å². The van der Waals surface area contributed by atoms with Gasteiger partial charge < -0.3 is 11.1 Å². The zero-order valence-electron chi connectivity index (χ0n) is 13.1. The Labute approximate surface area is 128 Å². The van der Waals surface area contributed by atoms with E-state index in [0.29, 0.717) is 18.8 Å². The summed E-state index contributed by atoms with van der Waals surface area (Å²) < 4.78 is 2.82. The van der Waals surface area contributed by atoms with Gasteiger partial charge in [0.15, 0.2) is 0 Å². The highest BCUT2D eigenvalue weighted by atomic mass is 32.2. The minimum absolute atomic E-state index is 0.219. The number of hydrogen-bond donors (Lipinski definition) is 2. The van der Waals surface area contributed by atoms with Crippen molar-refractivity contribution in [2.75, 3.05) is 23.9 Å². The van der Waals surface area contributed by atoms with Gasteiger partial charge in [0, 0.05) is 24.9 Å². The van der Waals surface area contributed by atoms with Crippen molar-refractivity contribution in [2.45, 2.75) is 38.0 Å². The molecule has 1 aromatic heterocycles. The topological polar surface area (TPSA) is 82.0 Å². The highest BCUT2D eigenvalue weighted by molar-refractivity contribution is 8.00. The molecule has 7 heteroatoms. The second-order valence-corrected chi connectivity index (χ2v) is 7.43. The van der Waals surface area contributed by atoms with Crippen LogP contribution in [0, 0.1) is 5.92 Å². The van der Waals surface area contributed by atoms with Gasteiger partial charge in [-0.15, -0.1) is 0 Å². The lowest BCUT2D eigenvalue weighted by atomic mass is 10.2. The molecule has 0 radical (unpaired) electrons. The van der Waals surface area contributed by atoms with Gasteiger partial charge in [0.05, 0.1) is 0 Å². The average Bonchev–Trinajstić information content (AvgIpc) is 3.22. The number of nitrogens with zero attached hydrogens (tertiary/aromatic N) is 2. The van der Waals surface area contributed by atoms with Crippen molar-refractivity contribution in [3.05, 3.63) is 20.8 Å². The second-order valence-electron chi connectivity index (χ2n) is 6.15. The summed E-state index contributed by atoms with van der Waals surface area (Å²) in [4.78, 5) is 24.5. The molecule has 1 aliphatic carbocycles. The minimum atomic E-state index is -0.359. The predicted octanol–water partition coefficient (Wildman–Crippen LogP) is 1.09. The fourth-order valence-corrected chi connectivity index (χ4v) is 3.06. The number of nitrogens with one attached hydrogen (secondary N) is 1.